The number of likely N-dealkylation sites (tertiary alicyclic amines) is 1. The summed E-state index contributed by atoms with van der Waals surface area (Å²) in [7, 11) is 4.31. The predicted octanol–water partition coefficient (Wildman–Crippen LogP) is 4.38. The van der Waals surface area contributed by atoms with E-state index in [0.717, 1.165) is 38.3 Å². The van der Waals surface area contributed by atoms with Crippen LogP contribution in [0, 0.1) is 0 Å². The van der Waals surface area contributed by atoms with Gasteiger partial charge in [0.25, 0.3) is 0 Å². The van der Waals surface area contributed by atoms with Crippen molar-refractivity contribution in [3.63, 3.8) is 0 Å². The van der Waals surface area contributed by atoms with Crippen molar-refractivity contribution in [3.05, 3.63) is 40.8 Å². The quantitative estimate of drug-likeness (QED) is 0.198. The maximum absolute atomic E-state index is 13.2. The summed E-state index contributed by atoms with van der Waals surface area (Å²) in [5.41, 5.74) is -0.314. The van der Waals surface area contributed by atoms with Crippen molar-refractivity contribution in [1.29, 1.82) is 0 Å². The molecule has 240 valence electrons. The molecule has 0 amide bonds. The number of phenolic OH excluding ortho intramolecular Hbond substituents is 1. The molecule has 0 aliphatic carbocycles. The molecular weight excluding hydrogens is 733 g/mol. The minimum Gasteiger partial charge on any atom is -0.550 e. The van der Waals surface area contributed by atoms with E-state index < -0.39 is 17.5 Å². The SMILES string of the molecule is CCOC.COCc1cc(C(F)(F)F)cc(O)c1-c1cc(CO)c(NC2CCCN(CCC=O)C2)nn1.CO[NH-].N.[W]. The molecule has 0 spiro atoms. The molecule has 0 bridgehead atoms. The van der Waals surface area contributed by atoms with E-state index in [0.29, 0.717) is 37.0 Å². The van der Waals surface area contributed by atoms with Gasteiger partial charge in [0.15, 0.2) is 5.82 Å². The standard InChI is InChI=1S/C22H27F3N4O4.C3H8O.CH4NO.H3N.W/c1-33-13-15-8-16(22(23,24)25)10-19(32)20(15)18-9-14(12-31)21(28-27-18)26-17-4-2-5-29(11-17)6-3-7-30;1-3-4-2;1-3-2;;/h7-10,17,31-32H,2-6,11-13H2,1H3,(H,26,28);3H2,1-2H3;2H,1H3;1H3;/q;;-1;;. The number of piperidine rings is 1. The fraction of sp³-hybridized carbons (Fsp3) is 0.577. The number of aromatic hydroxyl groups is 1. The molecule has 1 saturated heterocycles. The molecule has 0 saturated carbocycles. The molecule has 16 heteroatoms. The second-order valence-electron chi connectivity index (χ2n) is 8.74. The first kappa shape index (κ1) is 41.9. The number of anilines is 1. The Bertz CT molecular complexity index is 1040. The van der Waals surface area contributed by atoms with Crippen LogP contribution >= 0.6 is 0 Å². The molecule has 1 fully saturated rings. The number of aldehydes is 1. The third-order valence-electron chi connectivity index (χ3n) is 5.82. The Balaban J connectivity index is 0. The zero-order chi connectivity index (χ0) is 30.1. The Labute approximate surface area is 258 Å². The number of alkyl halides is 3. The van der Waals surface area contributed by atoms with Gasteiger partial charge < -0.3 is 51.6 Å². The van der Waals surface area contributed by atoms with E-state index in [1.165, 1.54) is 20.3 Å². The number of nitrogens with zero attached hydrogens (tertiary/aromatic N) is 3. The van der Waals surface area contributed by atoms with E-state index in [2.05, 4.69) is 30.0 Å². The monoisotopic (exact) mass is 775 g/mol. The summed E-state index contributed by atoms with van der Waals surface area (Å²) in [6.45, 7) is 4.50. The van der Waals surface area contributed by atoms with Gasteiger partial charge in [-0.1, -0.05) is 0 Å². The number of methoxy groups -OCH3 is 2. The third-order valence-corrected chi connectivity index (χ3v) is 5.82. The normalized spacial score (nSPS) is 14.6. The van der Waals surface area contributed by atoms with E-state index in [9.17, 15) is 28.2 Å². The molecule has 1 unspecified atom stereocenters. The van der Waals surface area contributed by atoms with E-state index in [1.807, 2.05) is 6.92 Å². The molecule has 1 aliphatic rings. The topological polar surface area (TPSA) is 185 Å². The summed E-state index contributed by atoms with van der Waals surface area (Å²) in [5, 5.41) is 31.8. The van der Waals surface area contributed by atoms with Crippen molar-refractivity contribution in [2.24, 2.45) is 0 Å². The van der Waals surface area contributed by atoms with Gasteiger partial charge in [0, 0.05) is 85.7 Å². The average Bonchev–Trinajstić information content (AvgIpc) is 2.92. The number of aromatic nitrogens is 2. The Kier molecular flexibility index (Phi) is 22.3. The largest absolute Gasteiger partial charge is 0.550 e. The van der Waals surface area contributed by atoms with E-state index in [4.69, 9.17) is 10.6 Å². The van der Waals surface area contributed by atoms with Gasteiger partial charge in [-0.2, -0.15) is 13.2 Å². The van der Waals surface area contributed by atoms with Gasteiger partial charge in [0.05, 0.1) is 24.5 Å². The minimum atomic E-state index is -4.63. The van der Waals surface area contributed by atoms with Gasteiger partial charge in [-0.25, -0.2) is 0 Å². The average molecular weight is 775 g/mol. The number of nitrogens with one attached hydrogen (secondary N) is 2. The molecule has 2 aromatic rings. The number of carbonyl (C=O) groups is 1. The molecule has 7 N–H and O–H groups in total. The number of hydrogen-bond acceptors (Lipinski definition) is 11. The number of benzene rings is 1. The van der Waals surface area contributed by atoms with Crippen LogP contribution in [0.4, 0.5) is 19.0 Å². The Morgan fingerprint density at radius 3 is 2.33 bits per heavy atom. The number of halogens is 3. The van der Waals surface area contributed by atoms with Gasteiger partial charge in [-0.3, -0.25) is 0 Å². The van der Waals surface area contributed by atoms with Crippen LogP contribution in [0.5, 0.6) is 5.75 Å². The Hall–Kier alpha value is -2.23. The molecule has 42 heavy (non-hydrogen) atoms. The van der Waals surface area contributed by atoms with Crippen LogP contribution in [0.25, 0.3) is 17.2 Å². The zero-order valence-electron chi connectivity index (χ0n) is 24.4. The minimum absolute atomic E-state index is 0. The van der Waals surface area contributed by atoms with Crippen molar-refractivity contribution in [2.45, 2.75) is 51.6 Å². The van der Waals surface area contributed by atoms with Crippen molar-refractivity contribution in [1.82, 2.24) is 21.2 Å². The molecular formula is C26H42F3N6O6W-. The molecule has 1 aromatic heterocycles. The first-order chi connectivity index (χ1) is 19.1. The van der Waals surface area contributed by atoms with Gasteiger partial charge >= 0.3 is 6.18 Å². The number of phenols is 1. The van der Waals surface area contributed by atoms with Crippen LogP contribution in [0.2, 0.25) is 0 Å². The second-order valence-corrected chi connectivity index (χ2v) is 8.74. The zero-order valence-corrected chi connectivity index (χ0v) is 27.3. The summed E-state index contributed by atoms with van der Waals surface area (Å²) < 4.78 is 49.1. The number of aliphatic hydroxyl groups excluding tert-OH is 1. The van der Waals surface area contributed by atoms with Crippen LogP contribution in [-0.4, -0.2) is 85.2 Å². The van der Waals surface area contributed by atoms with Crippen molar-refractivity contribution >= 4 is 12.1 Å². The summed E-state index contributed by atoms with van der Waals surface area (Å²) in [6.07, 6.45) is -1.46. The Morgan fingerprint density at radius 1 is 1.17 bits per heavy atom. The molecule has 2 heterocycles. The molecule has 1 atom stereocenters. The van der Waals surface area contributed by atoms with E-state index in [-0.39, 0.29) is 63.3 Å². The van der Waals surface area contributed by atoms with Crippen molar-refractivity contribution < 1.29 is 63.6 Å². The van der Waals surface area contributed by atoms with Gasteiger partial charge in [0.2, 0.25) is 0 Å². The van der Waals surface area contributed by atoms with Gasteiger partial charge in [-0.05, 0) is 50.1 Å². The summed E-state index contributed by atoms with van der Waals surface area (Å²) in [5.74, 6) is 5.47. The number of aliphatic hydroxyl groups is 1. The summed E-state index contributed by atoms with van der Waals surface area (Å²) in [6, 6.07) is 3.07. The van der Waals surface area contributed by atoms with E-state index in [1.54, 1.807) is 7.11 Å². The van der Waals surface area contributed by atoms with Crippen molar-refractivity contribution in [3.8, 4) is 17.0 Å². The fourth-order valence-corrected chi connectivity index (χ4v) is 4.01. The summed E-state index contributed by atoms with van der Waals surface area (Å²) in [4.78, 5) is 16.3. The smallest absolute Gasteiger partial charge is 0.416 e. The number of carbonyl (C=O) groups excluding carboxylic acids is 1. The fourth-order valence-electron chi connectivity index (χ4n) is 4.01. The van der Waals surface area contributed by atoms with Crippen molar-refractivity contribution in [2.75, 3.05) is 52.9 Å². The van der Waals surface area contributed by atoms with Crippen LogP contribution in [-0.2, 0) is 59.6 Å². The maximum atomic E-state index is 13.2. The molecule has 0 radical (unpaired) electrons. The van der Waals surface area contributed by atoms with Gasteiger partial charge in [0.1, 0.15) is 12.0 Å². The number of ether oxygens (including phenoxy) is 2. The van der Waals surface area contributed by atoms with E-state index >= 15 is 0 Å². The number of hydrogen-bond donors (Lipinski definition) is 4. The maximum Gasteiger partial charge on any atom is 0.416 e. The van der Waals surface area contributed by atoms with Gasteiger partial charge in [-0.15, -0.1) is 10.2 Å². The van der Waals surface area contributed by atoms with Crippen LogP contribution in [0.1, 0.15) is 42.9 Å². The molecule has 1 aliphatic heterocycles. The molecule has 12 nitrogen and oxygen atoms in total. The number of rotatable bonds is 10. The van der Waals surface area contributed by atoms with Crippen LogP contribution in [0.15, 0.2) is 18.2 Å². The Morgan fingerprint density at radius 2 is 1.81 bits per heavy atom. The summed E-state index contributed by atoms with van der Waals surface area (Å²) >= 11 is 0. The second kappa shape index (κ2) is 22.3. The molecule has 3 rings (SSSR count). The first-order valence-corrected chi connectivity index (χ1v) is 12.6. The molecule has 1 aromatic carbocycles. The van der Waals surface area contributed by atoms with Crippen LogP contribution in [0.3, 0.4) is 0 Å². The third kappa shape index (κ3) is 13.8. The predicted molar refractivity (Wildman–Crippen MR) is 148 cm³/mol. The first-order valence-electron chi connectivity index (χ1n) is 12.6. The van der Waals surface area contributed by atoms with Crippen LogP contribution < -0.4 is 11.5 Å².